The van der Waals surface area contributed by atoms with Crippen LogP contribution in [0.2, 0.25) is 0 Å². The summed E-state index contributed by atoms with van der Waals surface area (Å²) in [5.41, 5.74) is -0.136. The summed E-state index contributed by atoms with van der Waals surface area (Å²) >= 11 is 0. The third-order valence-electron chi connectivity index (χ3n) is 3.66. The van der Waals surface area contributed by atoms with Crippen LogP contribution in [-0.4, -0.2) is 48.3 Å². The molecule has 1 N–H and O–H groups in total. The molecule has 0 saturated carbocycles. The topological polar surface area (TPSA) is 52.2 Å². The van der Waals surface area contributed by atoms with Crippen LogP contribution in [0.25, 0.3) is 0 Å². The third-order valence-corrected chi connectivity index (χ3v) is 3.66. The van der Waals surface area contributed by atoms with Crippen molar-refractivity contribution in [3.8, 4) is 0 Å². The molecule has 1 aromatic heterocycles. The Morgan fingerprint density at radius 1 is 1.25 bits per heavy atom. The monoisotopic (exact) mass is 220 g/mol. The Labute approximate surface area is 94.1 Å². The molecule has 3 rings (SSSR count). The molecular formula is C11H16N4O. The molecule has 0 bridgehead atoms. The Hall–Kier alpha value is -1.36. The molecule has 2 atom stereocenters. The molecule has 0 unspecified atom stereocenters. The van der Waals surface area contributed by atoms with Gasteiger partial charge in [-0.1, -0.05) is 0 Å². The molecule has 86 valence electrons. The minimum absolute atomic E-state index is 0.136. The summed E-state index contributed by atoms with van der Waals surface area (Å²) in [6.45, 7) is 4.50. The molecule has 2 saturated heterocycles. The molecule has 2 aliphatic rings. The third kappa shape index (κ3) is 1.61. The van der Waals surface area contributed by atoms with Crippen molar-refractivity contribution in [1.82, 2.24) is 15.1 Å². The highest BCUT2D eigenvalue weighted by atomic mass is 16.1. The predicted octanol–water partition coefficient (Wildman–Crippen LogP) is -0.232. The number of rotatable bonds is 1. The minimum Gasteiger partial charge on any atom is -0.355 e. The molecule has 3 heterocycles. The Morgan fingerprint density at radius 2 is 1.94 bits per heavy atom. The van der Waals surface area contributed by atoms with Gasteiger partial charge in [0.1, 0.15) is 5.82 Å². The lowest BCUT2D eigenvalue weighted by Gasteiger charge is -2.19. The fourth-order valence-electron chi connectivity index (χ4n) is 2.93. The fraction of sp³-hybridized carbons (Fsp3) is 0.636. The molecule has 0 spiro atoms. The van der Waals surface area contributed by atoms with E-state index < -0.39 is 0 Å². The zero-order valence-corrected chi connectivity index (χ0v) is 9.39. The number of nitrogens with one attached hydrogen (secondary N) is 1. The highest BCUT2D eigenvalue weighted by Crippen LogP contribution is 2.31. The summed E-state index contributed by atoms with van der Waals surface area (Å²) < 4.78 is 0. The number of fused-ring (bicyclic) bond motifs is 1. The Morgan fingerprint density at radius 3 is 2.50 bits per heavy atom. The van der Waals surface area contributed by atoms with Crippen LogP contribution in [0.4, 0.5) is 5.82 Å². The standard InChI is InChI=1S/C11H16N4O/c1-14-4-8-6-15(7-9(8)5-14)10-2-3-11(16)13-12-10/h2-3,8-9H,4-7H2,1H3,(H,13,16)/t8-,9-/m0/s1. The molecule has 0 radical (unpaired) electrons. The van der Waals surface area contributed by atoms with Crippen LogP contribution in [0.3, 0.4) is 0 Å². The summed E-state index contributed by atoms with van der Waals surface area (Å²) in [6, 6.07) is 3.35. The van der Waals surface area contributed by atoms with Gasteiger partial charge in [-0.2, -0.15) is 5.10 Å². The molecule has 2 fully saturated rings. The van der Waals surface area contributed by atoms with Gasteiger partial charge in [-0.3, -0.25) is 4.79 Å². The summed E-state index contributed by atoms with van der Waals surface area (Å²) in [5.74, 6) is 2.43. The van der Waals surface area contributed by atoms with Crippen LogP contribution in [-0.2, 0) is 0 Å². The average Bonchev–Trinajstić information content (AvgIpc) is 2.75. The van der Waals surface area contributed by atoms with Gasteiger partial charge in [-0.25, -0.2) is 5.10 Å². The Bertz CT molecular complexity index is 409. The predicted molar refractivity (Wildman–Crippen MR) is 61.5 cm³/mol. The molecule has 1 aromatic rings. The van der Waals surface area contributed by atoms with E-state index in [1.165, 1.54) is 13.1 Å². The zero-order chi connectivity index (χ0) is 11.1. The lowest BCUT2D eigenvalue weighted by Crippen LogP contribution is -2.28. The van der Waals surface area contributed by atoms with E-state index in [1.54, 1.807) is 6.07 Å². The van der Waals surface area contributed by atoms with Crippen molar-refractivity contribution in [3.05, 3.63) is 22.5 Å². The van der Waals surface area contributed by atoms with Gasteiger partial charge in [0.15, 0.2) is 0 Å². The summed E-state index contributed by atoms with van der Waals surface area (Å²) in [7, 11) is 2.18. The molecule has 0 aromatic carbocycles. The van der Waals surface area contributed by atoms with Crippen molar-refractivity contribution >= 4 is 5.82 Å². The molecule has 5 heteroatoms. The van der Waals surface area contributed by atoms with Gasteiger partial charge < -0.3 is 9.80 Å². The van der Waals surface area contributed by atoms with Crippen LogP contribution in [0.15, 0.2) is 16.9 Å². The van der Waals surface area contributed by atoms with Crippen molar-refractivity contribution in [2.75, 3.05) is 38.1 Å². The SMILES string of the molecule is CN1C[C@H]2CN(c3ccc(=O)[nH]n3)C[C@@H]2C1. The van der Waals surface area contributed by atoms with E-state index in [4.69, 9.17) is 0 Å². The van der Waals surface area contributed by atoms with Crippen LogP contribution >= 0.6 is 0 Å². The second kappa shape index (κ2) is 3.59. The van der Waals surface area contributed by atoms with Gasteiger partial charge in [-0.05, 0) is 24.9 Å². The number of nitrogens with zero attached hydrogens (tertiary/aromatic N) is 3. The molecule has 16 heavy (non-hydrogen) atoms. The highest BCUT2D eigenvalue weighted by molar-refractivity contribution is 5.38. The molecule has 0 amide bonds. The number of hydrogen-bond donors (Lipinski definition) is 1. The maximum absolute atomic E-state index is 10.9. The maximum Gasteiger partial charge on any atom is 0.264 e. The molecule has 5 nitrogen and oxygen atoms in total. The maximum atomic E-state index is 10.9. The largest absolute Gasteiger partial charge is 0.355 e. The average molecular weight is 220 g/mol. The number of aromatic nitrogens is 2. The minimum atomic E-state index is -0.136. The molecule has 0 aliphatic carbocycles. The molecule has 2 aliphatic heterocycles. The van der Waals surface area contributed by atoms with E-state index in [2.05, 4.69) is 27.0 Å². The van der Waals surface area contributed by atoms with Crippen molar-refractivity contribution in [2.45, 2.75) is 0 Å². The van der Waals surface area contributed by atoms with Crippen LogP contribution in [0.5, 0.6) is 0 Å². The Balaban J connectivity index is 1.75. The number of aromatic amines is 1. The van der Waals surface area contributed by atoms with E-state index in [1.807, 2.05) is 6.07 Å². The first-order valence-corrected chi connectivity index (χ1v) is 5.71. The number of likely N-dealkylation sites (tertiary alicyclic amines) is 1. The van der Waals surface area contributed by atoms with E-state index in [0.29, 0.717) is 0 Å². The van der Waals surface area contributed by atoms with Crippen LogP contribution < -0.4 is 10.5 Å². The first kappa shape index (κ1) is 9.84. The summed E-state index contributed by atoms with van der Waals surface area (Å²) in [5, 5.41) is 6.58. The van der Waals surface area contributed by atoms with Crippen LogP contribution in [0.1, 0.15) is 0 Å². The normalized spacial score (nSPS) is 29.7. The lowest BCUT2D eigenvalue weighted by atomic mass is 10.0. The zero-order valence-electron chi connectivity index (χ0n) is 9.39. The van der Waals surface area contributed by atoms with Gasteiger partial charge in [0.2, 0.25) is 0 Å². The number of H-pyrrole nitrogens is 1. The van der Waals surface area contributed by atoms with E-state index >= 15 is 0 Å². The second-order valence-corrected chi connectivity index (χ2v) is 4.93. The highest BCUT2D eigenvalue weighted by Gasteiger charge is 2.38. The molecular weight excluding hydrogens is 204 g/mol. The fourth-order valence-corrected chi connectivity index (χ4v) is 2.93. The number of anilines is 1. The van der Waals surface area contributed by atoms with Crippen LogP contribution in [0, 0.1) is 11.8 Å². The summed E-state index contributed by atoms with van der Waals surface area (Å²) in [6.07, 6.45) is 0. The van der Waals surface area contributed by atoms with Gasteiger partial charge in [-0.15, -0.1) is 0 Å². The van der Waals surface area contributed by atoms with Crippen molar-refractivity contribution in [3.63, 3.8) is 0 Å². The lowest BCUT2D eigenvalue weighted by molar-refractivity contribution is 0.386. The van der Waals surface area contributed by atoms with Crippen molar-refractivity contribution in [2.24, 2.45) is 11.8 Å². The van der Waals surface area contributed by atoms with E-state index in [0.717, 1.165) is 30.7 Å². The van der Waals surface area contributed by atoms with E-state index in [-0.39, 0.29) is 5.56 Å². The Kier molecular flexibility index (Phi) is 2.21. The van der Waals surface area contributed by atoms with Gasteiger partial charge >= 0.3 is 0 Å². The van der Waals surface area contributed by atoms with Crippen molar-refractivity contribution < 1.29 is 0 Å². The quantitative estimate of drug-likeness (QED) is 0.710. The smallest absolute Gasteiger partial charge is 0.264 e. The van der Waals surface area contributed by atoms with Crippen molar-refractivity contribution in [1.29, 1.82) is 0 Å². The van der Waals surface area contributed by atoms with Gasteiger partial charge in [0.25, 0.3) is 5.56 Å². The van der Waals surface area contributed by atoms with E-state index in [9.17, 15) is 4.79 Å². The first-order valence-electron chi connectivity index (χ1n) is 5.71. The number of hydrogen-bond acceptors (Lipinski definition) is 4. The van der Waals surface area contributed by atoms with Gasteiger partial charge in [0.05, 0.1) is 0 Å². The second-order valence-electron chi connectivity index (χ2n) is 4.93. The summed E-state index contributed by atoms with van der Waals surface area (Å²) in [4.78, 5) is 15.6. The first-order chi connectivity index (χ1) is 7.72. The van der Waals surface area contributed by atoms with Gasteiger partial charge in [0, 0.05) is 32.2 Å².